The van der Waals surface area contributed by atoms with Crippen LogP contribution in [0.15, 0.2) is 36.8 Å². The maximum Gasteiger partial charge on any atom is 0.177 e. The SMILES string of the molecule is CCn1cncc1CN1CCc2[nH]nc(C3COc4ccccc4O3)c2C1. The molecule has 0 bridgehead atoms. The molecule has 1 N–H and O–H groups in total. The molecule has 0 saturated heterocycles. The van der Waals surface area contributed by atoms with Crippen LogP contribution in [-0.4, -0.2) is 37.8 Å². The first-order valence-electron chi connectivity index (χ1n) is 9.47. The monoisotopic (exact) mass is 365 g/mol. The van der Waals surface area contributed by atoms with Crippen molar-refractivity contribution in [2.45, 2.75) is 39.1 Å². The highest BCUT2D eigenvalue weighted by Gasteiger charge is 2.31. The summed E-state index contributed by atoms with van der Waals surface area (Å²) in [6.07, 6.45) is 4.65. The largest absolute Gasteiger partial charge is 0.485 e. The van der Waals surface area contributed by atoms with E-state index in [0.29, 0.717) is 6.61 Å². The summed E-state index contributed by atoms with van der Waals surface area (Å²) < 4.78 is 14.3. The van der Waals surface area contributed by atoms with E-state index in [0.717, 1.165) is 49.8 Å². The molecule has 7 heteroatoms. The predicted molar refractivity (Wildman–Crippen MR) is 99.6 cm³/mol. The summed E-state index contributed by atoms with van der Waals surface area (Å²) in [4.78, 5) is 6.73. The number of benzene rings is 1. The van der Waals surface area contributed by atoms with Crippen LogP contribution in [-0.2, 0) is 26.1 Å². The van der Waals surface area contributed by atoms with Crippen LogP contribution in [0.2, 0.25) is 0 Å². The number of ether oxygens (including phenoxy) is 2. The van der Waals surface area contributed by atoms with Crippen LogP contribution in [0.3, 0.4) is 0 Å². The lowest BCUT2D eigenvalue weighted by atomic mass is 10.0. The van der Waals surface area contributed by atoms with Crippen molar-refractivity contribution in [3.8, 4) is 11.5 Å². The zero-order valence-electron chi connectivity index (χ0n) is 15.4. The van der Waals surface area contributed by atoms with Crippen molar-refractivity contribution in [2.75, 3.05) is 13.2 Å². The van der Waals surface area contributed by atoms with Gasteiger partial charge < -0.3 is 14.0 Å². The lowest BCUT2D eigenvalue weighted by molar-refractivity contribution is 0.0866. The molecule has 27 heavy (non-hydrogen) atoms. The Labute approximate surface area is 157 Å². The molecule has 2 aliphatic rings. The first-order chi connectivity index (χ1) is 13.3. The van der Waals surface area contributed by atoms with Crippen molar-refractivity contribution in [2.24, 2.45) is 0 Å². The average Bonchev–Trinajstić information content (AvgIpc) is 3.34. The molecule has 0 amide bonds. The van der Waals surface area contributed by atoms with Crippen molar-refractivity contribution >= 4 is 0 Å². The number of nitrogens with one attached hydrogen (secondary N) is 1. The molecule has 0 fully saturated rings. The Morgan fingerprint density at radius 1 is 1.26 bits per heavy atom. The minimum absolute atomic E-state index is 0.180. The van der Waals surface area contributed by atoms with Gasteiger partial charge in [0.05, 0.1) is 12.0 Å². The van der Waals surface area contributed by atoms with Gasteiger partial charge in [-0.05, 0) is 19.1 Å². The van der Waals surface area contributed by atoms with E-state index in [4.69, 9.17) is 9.47 Å². The summed E-state index contributed by atoms with van der Waals surface area (Å²) in [7, 11) is 0. The van der Waals surface area contributed by atoms with Gasteiger partial charge in [-0.2, -0.15) is 5.10 Å². The molecular formula is C20H23N5O2. The van der Waals surface area contributed by atoms with Crippen LogP contribution in [0, 0.1) is 0 Å². The zero-order valence-corrected chi connectivity index (χ0v) is 15.4. The van der Waals surface area contributed by atoms with Gasteiger partial charge in [0, 0.05) is 50.1 Å². The summed E-state index contributed by atoms with van der Waals surface area (Å²) in [6.45, 7) is 6.33. The summed E-state index contributed by atoms with van der Waals surface area (Å²) in [6, 6.07) is 7.80. The van der Waals surface area contributed by atoms with Crippen LogP contribution in [0.4, 0.5) is 0 Å². The fraction of sp³-hybridized carbons (Fsp3) is 0.400. The molecule has 2 aromatic heterocycles. The molecule has 0 spiro atoms. The fourth-order valence-corrected chi connectivity index (χ4v) is 3.92. The molecule has 140 valence electrons. The second kappa shape index (κ2) is 6.74. The molecule has 7 nitrogen and oxygen atoms in total. The van der Waals surface area contributed by atoms with E-state index in [1.165, 1.54) is 17.0 Å². The van der Waals surface area contributed by atoms with Gasteiger partial charge in [0.15, 0.2) is 17.6 Å². The van der Waals surface area contributed by atoms with Crippen LogP contribution >= 0.6 is 0 Å². The fourth-order valence-electron chi connectivity index (χ4n) is 3.92. The van der Waals surface area contributed by atoms with Gasteiger partial charge in [-0.15, -0.1) is 0 Å². The lowest BCUT2D eigenvalue weighted by Gasteiger charge is -2.29. The van der Waals surface area contributed by atoms with Crippen molar-refractivity contribution in [3.05, 3.63) is 59.4 Å². The van der Waals surface area contributed by atoms with Crippen molar-refractivity contribution in [1.29, 1.82) is 0 Å². The molecular weight excluding hydrogens is 342 g/mol. The summed E-state index contributed by atoms with van der Waals surface area (Å²) in [5.41, 5.74) is 4.68. The molecule has 0 radical (unpaired) electrons. The second-order valence-electron chi connectivity index (χ2n) is 7.06. The Bertz CT molecular complexity index is 948. The van der Waals surface area contributed by atoms with Crippen LogP contribution in [0.1, 0.15) is 35.7 Å². The zero-order chi connectivity index (χ0) is 18.2. The topological polar surface area (TPSA) is 68.2 Å². The molecule has 5 rings (SSSR count). The minimum atomic E-state index is -0.180. The number of fused-ring (bicyclic) bond motifs is 2. The standard InChI is InChI=1S/C20H23N5O2/c1-2-25-13-21-9-14(25)10-24-8-7-16-15(11-24)20(23-22-16)19-12-26-17-5-3-4-6-18(17)27-19/h3-6,9,13,19H,2,7-8,10-12H2,1H3,(H,22,23). The third-order valence-corrected chi connectivity index (χ3v) is 5.38. The van der Waals surface area contributed by atoms with Gasteiger partial charge in [0.1, 0.15) is 12.3 Å². The number of aryl methyl sites for hydroxylation is 1. The molecule has 1 aromatic carbocycles. The summed E-state index contributed by atoms with van der Waals surface area (Å²) >= 11 is 0. The van der Waals surface area contributed by atoms with Gasteiger partial charge in [0.2, 0.25) is 0 Å². The third-order valence-electron chi connectivity index (χ3n) is 5.38. The Hall–Kier alpha value is -2.80. The highest BCUT2D eigenvalue weighted by molar-refractivity contribution is 5.42. The minimum Gasteiger partial charge on any atom is -0.485 e. The molecule has 3 aromatic rings. The Morgan fingerprint density at radius 3 is 3.04 bits per heavy atom. The third kappa shape index (κ3) is 2.98. The second-order valence-corrected chi connectivity index (χ2v) is 7.06. The maximum atomic E-state index is 6.18. The highest BCUT2D eigenvalue weighted by Crippen LogP contribution is 2.37. The van der Waals surface area contributed by atoms with Gasteiger partial charge in [0.25, 0.3) is 0 Å². The summed E-state index contributed by atoms with van der Waals surface area (Å²) in [5.74, 6) is 1.58. The number of aromatic nitrogens is 4. The molecule has 2 aliphatic heterocycles. The van der Waals surface area contributed by atoms with E-state index in [-0.39, 0.29) is 6.10 Å². The molecule has 1 atom stereocenters. The van der Waals surface area contributed by atoms with Crippen LogP contribution in [0.5, 0.6) is 11.5 Å². The number of rotatable bonds is 4. The quantitative estimate of drug-likeness (QED) is 0.770. The molecule has 0 saturated carbocycles. The van der Waals surface area contributed by atoms with Gasteiger partial charge in [-0.1, -0.05) is 12.1 Å². The lowest BCUT2D eigenvalue weighted by Crippen LogP contribution is -2.32. The van der Waals surface area contributed by atoms with E-state index in [2.05, 4.69) is 31.6 Å². The first-order valence-corrected chi connectivity index (χ1v) is 9.47. The van der Waals surface area contributed by atoms with Gasteiger partial charge in [-0.25, -0.2) is 4.98 Å². The Balaban J connectivity index is 1.36. The van der Waals surface area contributed by atoms with Gasteiger partial charge in [-0.3, -0.25) is 10.00 Å². The normalized spacial score (nSPS) is 19.1. The number of hydrogen-bond donors (Lipinski definition) is 1. The predicted octanol–water partition coefficient (Wildman–Crippen LogP) is 2.70. The highest BCUT2D eigenvalue weighted by atomic mass is 16.6. The van der Waals surface area contributed by atoms with E-state index in [9.17, 15) is 0 Å². The number of aromatic amines is 1. The number of hydrogen-bond acceptors (Lipinski definition) is 5. The Morgan fingerprint density at radius 2 is 2.15 bits per heavy atom. The summed E-state index contributed by atoms with van der Waals surface area (Å²) in [5, 5.41) is 7.81. The molecule has 4 heterocycles. The number of nitrogens with zero attached hydrogens (tertiary/aromatic N) is 4. The number of H-pyrrole nitrogens is 1. The maximum absolute atomic E-state index is 6.18. The molecule has 1 unspecified atom stereocenters. The van der Waals surface area contributed by atoms with E-state index in [1.807, 2.05) is 36.8 Å². The van der Waals surface area contributed by atoms with Crippen molar-refractivity contribution in [1.82, 2.24) is 24.6 Å². The Kier molecular flexibility index (Phi) is 4.09. The van der Waals surface area contributed by atoms with Crippen molar-refractivity contribution in [3.63, 3.8) is 0 Å². The van der Waals surface area contributed by atoms with E-state index >= 15 is 0 Å². The van der Waals surface area contributed by atoms with Gasteiger partial charge >= 0.3 is 0 Å². The van der Waals surface area contributed by atoms with E-state index in [1.54, 1.807) is 0 Å². The van der Waals surface area contributed by atoms with Crippen LogP contribution < -0.4 is 9.47 Å². The average molecular weight is 365 g/mol. The van der Waals surface area contributed by atoms with E-state index < -0.39 is 0 Å². The smallest absolute Gasteiger partial charge is 0.177 e. The molecule has 0 aliphatic carbocycles. The van der Waals surface area contributed by atoms with Crippen LogP contribution in [0.25, 0.3) is 0 Å². The number of para-hydroxylation sites is 2. The first kappa shape index (κ1) is 16.4. The number of imidazole rings is 1. The van der Waals surface area contributed by atoms with Crippen molar-refractivity contribution < 1.29 is 9.47 Å².